The van der Waals surface area contributed by atoms with Crippen molar-refractivity contribution in [3.05, 3.63) is 45.7 Å². The number of hydrogen-bond acceptors (Lipinski definition) is 6. The van der Waals surface area contributed by atoms with Crippen LogP contribution in [0.1, 0.15) is 23.9 Å². The summed E-state index contributed by atoms with van der Waals surface area (Å²) in [6.07, 6.45) is 1.64. The molecule has 2 aromatic heterocycles. The zero-order valence-corrected chi connectivity index (χ0v) is 19.1. The standard InChI is InChI=1S/C19H22BrN7OS/c1-5-27-13(3)16(12(2)25-27)10-21-22-17(28)11-29-19-24-23-18(26(19)4)14-6-8-15(20)9-7-14/h6-10H,5,11H2,1-4H3,(H,22,28)/b21-10+. The molecule has 10 heteroatoms. The second-order valence-corrected chi connectivity index (χ2v) is 8.21. The Balaban J connectivity index is 1.57. The Morgan fingerprint density at radius 1 is 1.28 bits per heavy atom. The maximum atomic E-state index is 12.1. The number of carbonyl (C=O) groups is 1. The Kier molecular flexibility index (Phi) is 6.86. The molecule has 0 aliphatic carbocycles. The molecule has 3 rings (SSSR count). The molecule has 3 aromatic rings. The summed E-state index contributed by atoms with van der Waals surface area (Å²) in [5.41, 5.74) is 6.35. The van der Waals surface area contributed by atoms with Crippen LogP contribution in [-0.2, 0) is 18.4 Å². The predicted octanol–water partition coefficient (Wildman–Crippen LogP) is 3.32. The molecule has 0 aliphatic heterocycles. The minimum atomic E-state index is -0.211. The zero-order chi connectivity index (χ0) is 21.0. The van der Waals surface area contributed by atoms with Crippen molar-refractivity contribution in [3.63, 3.8) is 0 Å². The largest absolute Gasteiger partial charge is 0.305 e. The summed E-state index contributed by atoms with van der Waals surface area (Å²) in [5.74, 6) is 0.727. The number of rotatable bonds is 7. The van der Waals surface area contributed by atoms with E-state index in [1.807, 2.05) is 61.3 Å². The van der Waals surface area contributed by atoms with Crippen LogP contribution in [0.2, 0.25) is 0 Å². The average molecular weight is 476 g/mol. The number of hydrogen-bond donors (Lipinski definition) is 1. The van der Waals surface area contributed by atoms with Crippen molar-refractivity contribution < 1.29 is 4.79 Å². The molecule has 1 aromatic carbocycles. The molecule has 0 radical (unpaired) electrons. The number of thioether (sulfide) groups is 1. The fourth-order valence-corrected chi connectivity index (χ4v) is 3.80. The number of aromatic nitrogens is 5. The Hall–Kier alpha value is -2.46. The first-order valence-electron chi connectivity index (χ1n) is 9.04. The molecule has 0 unspecified atom stereocenters. The highest BCUT2D eigenvalue weighted by molar-refractivity contribution is 9.10. The van der Waals surface area contributed by atoms with Crippen molar-refractivity contribution in [1.82, 2.24) is 30.0 Å². The van der Waals surface area contributed by atoms with Gasteiger partial charge in [0, 0.05) is 34.9 Å². The summed E-state index contributed by atoms with van der Waals surface area (Å²) < 4.78 is 4.78. The average Bonchev–Trinajstić information content (AvgIpc) is 3.20. The van der Waals surface area contributed by atoms with Gasteiger partial charge in [0.15, 0.2) is 11.0 Å². The van der Waals surface area contributed by atoms with E-state index in [4.69, 9.17) is 0 Å². The molecule has 0 spiro atoms. The molecule has 0 aliphatic rings. The van der Waals surface area contributed by atoms with Crippen LogP contribution in [0.3, 0.4) is 0 Å². The summed E-state index contributed by atoms with van der Waals surface area (Å²) >= 11 is 4.73. The van der Waals surface area contributed by atoms with Crippen molar-refractivity contribution >= 4 is 39.8 Å². The first-order chi connectivity index (χ1) is 13.9. The third kappa shape index (κ3) is 4.94. The second-order valence-electron chi connectivity index (χ2n) is 6.35. The highest BCUT2D eigenvalue weighted by Gasteiger charge is 2.13. The summed E-state index contributed by atoms with van der Waals surface area (Å²) in [5, 5.41) is 17.6. The second kappa shape index (κ2) is 9.36. The first-order valence-corrected chi connectivity index (χ1v) is 10.8. The Labute approximate surface area is 181 Å². The van der Waals surface area contributed by atoms with Crippen molar-refractivity contribution in [2.45, 2.75) is 32.5 Å². The number of halogens is 1. The predicted molar refractivity (Wildman–Crippen MR) is 118 cm³/mol. The quantitative estimate of drug-likeness (QED) is 0.321. The zero-order valence-electron chi connectivity index (χ0n) is 16.7. The maximum Gasteiger partial charge on any atom is 0.250 e. The monoisotopic (exact) mass is 475 g/mol. The van der Waals surface area contributed by atoms with Crippen molar-refractivity contribution in [2.75, 3.05) is 5.75 Å². The fraction of sp³-hybridized carbons (Fsp3) is 0.316. The Bertz CT molecular complexity index is 1040. The van der Waals surface area contributed by atoms with Gasteiger partial charge < -0.3 is 4.57 Å². The van der Waals surface area contributed by atoms with E-state index in [1.54, 1.807) is 6.21 Å². The molecule has 0 saturated heterocycles. The van der Waals surface area contributed by atoms with Gasteiger partial charge in [-0.3, -0.25) is 9.48 Å². The van der Waals surface area contributed by atoms with Crippen LogP contribution in [0.15, 0.2) is 39.0 Å². The van der Waals surface area contributed by atoms with Gasteiger partial charge in [0.05, 0.1) is 17.7 Å². The van der Waals surface area contributed by atoms with Gasteiger partial charge in [-0.2, -0.15) is 10.2 Å². The van der Waals surface area contributed by atoms with Gasteiger partial charge >= 0.3 is 0 Å². The molecule has 1 N–H and O–H groups in total. The van der Waals surface area contributed by atoms with Crippen LogP contribution in [0.25, 0.3) is 11.4 Å². The fourth-order valence-electron chi connectivity index (χ4n) is 2.83. The maximum absolute atomic E-state index is 12.1. The molecule has 8 nitrogen and oxygen atoms in total. The van der Waals surface area contributed by atoms with Gasteiger partial charge in [0.2, 0.25) is 0 Å². The SMILES string of the molecule is CCn1nc(C)c(/C=N/NC(=O)CSc2nnc(-c3ccc(Br)cc3)n2C)c1C. The summed E-state index contributed by atoms with van der Waals surface area (Å²) in [6, 6.07) is 7.84. The first kappa shape index (κ1) is 21.3. The Morgan fingerprint density at radius 3 is 2.66 bits per heavy atom. The third-order valence-corrected chi connectivity index (χ3v) is 5.94. The number of aryl methyl sites for hydroxylation is 2. The van der Waals surface area contributed by atoms with E-state index in [2.05, 4.69) is 41.8 Å². The molecule has 0 bridgehead atoms. The van der Waals surface area contributed by atoms with Gasteiger partial charge in [-0.05, 0) is 32.9 Å². The van der Waals surface area contributed by atoms with Crippen LogP contribution in [0, 0.1) is 13.8 Å². The highest BCUT2D eigenvalue weighted by atomic mass is 79.9. The molecule has 1 amide bonds. The number of amides is 1. The van der Waals surface area contributed by atoms with E-state index in [0.717, 1.165) is 39.4 Å². The lowest BCUT2D eigenvalue weighted by atomic mass is 10.2. The molecule has 0 saturated carbocycles. The third-order valence-electron chi connectivity index (χ3n) is 4.39. The number of hydrazone groups is 1. The molecule has 152 valence electrons. The van der Waals surface area contributed by atoms with Crippen LogP contribution in [0.4, 0.5) is 0 Å². The Morgan fingerprint density at radius 2 is 2.00 bits per heavy atom. The topological polar surface area (TPSA) is 90.0 Å². The van der Waals surface area contributed by atoms with E-state index < -0.39 is 0 Å². The smallest absolute Gasteiger partial charge is 0.250 e. The van der Waals surface area contributed by atoms with Crippen LogP contribution in [-0.4, -0.2) is 42.4 Å². The van der Waals surface area contributed by atoms with Gasteiger partial charge in [0.1, 0.15) is 0 Å². The molecule has 29 heavy (non-hydrogen) atoms. The van der Waals surface area contributed by atoms with E-state index in [1.165, 1.54) is 11.8 Å². The normalized spacial score (nSPS) is 11.3. The lowest BCUT2D eigenvalue weighted by molar-refractivity contribution is -0.118. The van der Waals surface area contributed by atoms with E-state index in [0.29, 0.717) is 5.16 Å². The molecule has 0 atom stereocenters. The van der Waals surface area contributed by atoms with Gasteiger partial charge in [-0.1, -0.05) is 39.8 Å². The van der Waals surface area contributed by atoms with Crippen LogP contribution in [0.5, 0.6) is 0 Å². The van der Waals surface area contributed by atoms with E-state index in [-0.39, 0.29) is 11.7 Å². The minimum Gasteiger partial charge on any atom is -0.305 e. The minimum absolute atomic E-state index is 0.190. The lowest BCUT2D eigenvalue weighted by Crippen LogP contribution is -2.20. The van der Waals surface area contributed by atoms with Crippen molar-refractivity contribution in [3.8, 4) is 11.4 Å². The lowest BCUT2D eigenvalue weighted by Gasteiger charge is -2.04. The van der Waals surface area contributed by atoms with Gasteiger partial charge in [0.25, 0.3) is 5.91 Å². The molecular formula is C19H22BrN7OS. The molecule has 2 heterocycles. The number of nitrogens with one attached hydrogen (secondary N) is 1. The van der Waals surface area contributed by atoms with E-state index in [9.17, 15) is 4.79 Å². The van der Waals surface area contributed by atoms with E-state index >= 15 is 0 Å². The molecule has 0 fully saturated rings. The van der Waals surface area contributed by atoms with Crippen molar-refractivity contribution in [1.29, 1.82) is 0 Å². The summed E-state index contributed by atoms with van der Waals surface area (Å²) in [6.45, 7) is 6.74. The number of nitrogens with zero attached hydrogens (tertiary/aromatic N) is 6. The van der Waals surface area contributed by atoms with Crippen LogP contribution >= 0.6 is 27.7 Å². The summed E-state index contributed by atoms with van der Waals surface area (Å²) in [4.78, 5) is 12.1. The molecular weight excluding hydrogens is 454 g/mol. The summed E-state index contributed by atoms with van der Waals surface area (Å²) in [7, 11) is 1.88. The van der Waals surface area contributed by atoms with Crippen LogP contribution < -0.4 is 5.43 Å². The number of carbonyl (C=O) groups excluding carboxylic acids is 1. The van der Waals surface area contributed by atoms with Gasteiger partial charge in [-0.25, -0.2) is 5.43 Å². The number of benzene rings is 1. The van der Waals surface area contributed by atoms with Gasteiger partial charge in [-0.15, -0.1) is 10.2 Å². The highest BCUT2D eigenvalue weighted by Crippen LogP contribution is 2.23. The van der Waals surface area contributed by atoms with Crippen molar-refractivity contribution in [2.24, 2.45) is 12.1 Å².